The van der Waals surface area contributed by atoms with Crippen molar-refractivity contribution >= 4 is 5.97 Å². The predicted octanol–water partition coefficient (Wildman–Crippen LogP) is 4.87. The molecule has 1 fully saturated rings. The van der Waals surface area contributed by atoms with Gasteiger partial charge >= 0.3 is 6.18 Å². The highest BCUT2D eigenvalue weighted by Crippen LogP contribution is 2.33. The molecule has 1 atom stereocenters. The normalized spacial score (nSPS) is 18.0. The Bertz CT molecular complexity index is 957. The van der Waals surface area contributed by atoms with Gasteiger partial charge < -0.3 is 15.2 Å². The molecule has 0 aliphatic carbocycles. The number of carboxylic acid groups (broad SMARTS) is 1. The highest BCUT2D eigenvalue weighted by atomic mass is 19.4. The molecule has 1 N–H and O–H groups in total. The highest BCUT2D eigenvalue weighted by Gasteiger charge is 2.38. The van der Waals surface area contributed by atoms with Crippen molar-refractivity contribution in [3.8, 4) is 11.1 Å². The quantitative estimate of drug-likeness (QED) is 0.621. The molecule has 2 aromatic rings. The number of likely N-dealkylation sites (tertiary alicyclic amines) is 1. The van der Waals surface area contributed by atoms with E-state index in [0.717, 1.165) is 41.7 Å². The summed E-state index contributed by atoms with van der Waals surface area (Å²) in [7, 11) is 0. The zero-order valence-corrected chi connectivity index (χ0v) is 20.3. The molecule has 2 aromatic carbocycles. The maximum atomic E-state index is 12.8. The van der Waals surface area contributed by atoms with Crippen LogP contribution in [0.15, 0.2) is 48.5 Å². The Kier molecular flexibility index (Phi) is 7.78. The average Bonchev–Trinajstić information content (AvgIpc) is 2.76. The van der Waals surface area contributed by atoms with Gasteiger partial charge in [-0.15, -0.1) is 0 Å². The van der Waals surface area contributed by atoms with E-state index >= 15 is 0 Å². The van der Waals surface area contributed by atoms with Crippen LogP contribution in [0.4, 0.5) is 13.2 Å². The van der Waals surface area contributed by atoms with Gasteiger partial charge in [-0.05, 0) is 60.4 Å². The molecule has 186 valence electrons. The monoisotopic (exact) mass is 475 g/mol. The van der Waals surface area contributed by atoms with Crippen LogP contribution in [-0.2, 0) is 17.5 Å². The van der Waals surface area contributed by atoms with Gasteiger partial charge in [-0.2, -0.15) is 13.2 Å². The summed E-state index contributed by atoms with van der Waals surface area (Å²) in [5.74, 6) is -1.01. The number of nitrogens with one attached hydrogen (secondary N) is 1. The largest absolute Gasteiger partial charge is 0.548 e. The number of aliphatic carboxylic acids is 1. The van der Waals surface area contributed by atoms with Gasteiger partial charge in [0.1, 0.15) is 0 Å². The molecule has 1 heterocycles. The van der Waals surface area contributed by atoms with Crippen molar-refractivity contribution in [2.24, 2.45) is 5.41 Å². The number of alkyl halides is 3. The maximum absolute atomic E-state index is 12.8. The number of rotatable bonds is 7. The first kappa shape index (κ1) is 26.2. The van der Waals surface area contributed by atoms with Crippen LogP contribution in [0.1, 0.15) is 58.1 Å². The smallest absolute Gasteiger partial charge is 0.416 e. The number of piperidine rings is 1. The van der Waals surface area contributed by atoms with Gasteiger partial charge in [0.05, 0.1) is 17.1 Å². The van der Waals surface area contributed by atoms with E-state index in [1.807, 2.05) is 49.9 Å². The molecule has 0 saturated carbocycles. The minimum absolute atomic E-state index is 0.115. The summed E-state index contributed by atoms with van der Waals surface area (Å²) in [6, 6.07) is 13.3. The van der Waals surface area contributed by atoms with E-state index in [-0.39, 0.29) is 5.41 Å². The molecule has 1 saturated heterocycles. The molecule has 0 bridgehead atoms. The minimum atomic E-state index is -4.33. The first-order valence-electron chi connectivity index (χ1n) is 11.7. The molecule has 34 heavy (non-hydrogen) atoms. The van der Waals surface area contributed by atoms with Crippen LogP contribution in [-0.4, -0.2) is 35.5 Å². The molecule has 0 amide bonds. The van der Waals surface area contributed by atoms with Gasteiger partial charge in [0.2, 0.25) is 0 Å². The topological polar surface area (TPSA) is 55.4 Å². The van der Waals surface area contributed by atoms with Gasteiger partial charge in [-0.3, -0.25) is 4.90 Å². The second-order valence-corrected chi connectivity index (χ2v) is 10.7. The van der Waals surface area contributed by atoms with Crippen molar-refractivity contribution in [1.29, 1.82) is 0 Å². The summed E-state index contributed by atoms with van der Waals surface area (Å²) in [5.41, 5.74) is 0.956. The van der Waals surface area contributed by atoms with Crippen LogP contribution in [0.5, 0.6) is 0 Å². The Morgan fingerprint density at radius 2 is 1.44 bits per heavy atom. The van der Waals surface area contributed by atoms with E-state index < -0.39 is 23.2 Å². The minimum Gasteiger partial charge on any atom is -0.548 e. The molecule has 7 heteroatoms. The fourth-order valence-electron chi connectivity index (χ4n) is 4.85. The molecule has 1 aliphatic rings. The van der Waals surface area contributed by atoms with E-state index in [4.69, 9.17) is 0 Å². The molecule has 0 aromatic heterocycles. The van der Waals surface area contributed by atoms with Crippen LogP contribution in [0.25, 0.3) is 11.1 Å². The fourth-order valence-corrected chi connectivity index (χ4v) is 4.85. The number of benzene rings is 2. The van der Waals surface area contributed by atoms with Crippen molar-refractivity contribution < 1.29 is 23.1 Å². The number of hydrogen-bond acceptors (Lipinski definition) is 4. The van der Waals surface area contributed by atoms with Gasteiger partial charge in [0.15, 0.2) is 0 Å². The standard InChI is InChI=1S/C27H35F3N2O2/c1-25(2,3)18-26(4,24(33)34)32-15-13-23(14-16-32)31-17-19-5-7-20(8-6-19)21-9-11-22(12-10-21)27(28,29)30/h5-12,23,31H,13-18H2,1-4H3,(H,33,34)/p-1. The number of hydrogen-bond donors (Lipinski definition) is 1. The molecule has 3 rings (SSSR count). The van der Waals surface area contributed by atoms with Gasteiger partial charge in [-0.1, -0.05) is 57.2 Å². The third-order valence-electron chi connectivity index (χ3n) is 6.60. The average molecular weight is 476 g/mol. The third kappa shape index (κ3) is 6.60. The number of nitrogens with zero attached hydrogens (tertiary/aromatic N) is 1. The van der Waals surface area contributed by atoms with Gasteiger partial charge in [-0.25, -0.2) is 0 Å². The summed E-state index contributed by atoms with van der Waals surface area (Å²) >= 11 is 0. The maximum Gasteiger partial charge on any atom is 0.416 e. The molecule has 0 spiro atoms. The molecule has 1 aliphatic heterocycles. The molecular weight excluding hydrogens is 441 g/mol. The lowest BCUT2D eigenvalue weighted by Gasteiger charge is -2.48. The van der Waals surface area contributed by atoms with Crippen molar-refractivity contribution in [2.75, 3.05) is 13.1 Å². The summed E-state index contributed by atoms with van der Waals surface area (Å²) < 4.78 is 38.3. The lowest BCUT2D eigenvalue weighted by Crippen LogP contribution is -2.62. The predicted molar refractivity (Wildman–Crippen MR) is 126 cm³/mol. The molecule has 0 radical (unpaired) electrons. The SMILES string of the molecule is CC(C)(C)CC(C)(C(=O)[O-])N1CCC(NCc2ccc(-c3ccc(C(F)(F)F)cc3)cc2)CC1. The Hall–Kier alpha value is -2.38. The second kappa shape index (κ2) is 10.1. The number of carbonyl (C=O) groups excluding carboxylic acids is 1. The Labute approximate surface area is 200 Å². The van der Waals surface area contributed by atoms with Gasteiger partial charge in [0, 0.05) is 25.7 Å². The van der Waals surface area contributed by atoms with E-state index in [1.54, 1.807) is 6.92 Å². The Morgan fingerprint density at radius 1 is 0.941 bits per heavy atom. The van der Waals surface area contributed by atoms with Crippen LogP contribution < -0.4 is 10.4 Å². The molecule has 4 nitrogen and oxygen atoms in total. The first-order valence-corrected chi connectivity index (χ1v) is 11.7. The third-order valence-corrected chi connectivity index (χ3v) is 6.60. The van der Waals surface area contributed by atoms with Gasteiger partial charge in [0.25, 0.3) is 0 Å². The van der Waals surface area contributed by atoms with Crippen LogP contribution in [0, 0.1) is 5.41 Å². The van der Waals surface area contributed by atoms with E-state index in [2.05, 4.69) is 5.32 Å². The lowest BCUT2D eigenvalue weighted by molar-refractivity contribution is -0.320. The number of carboxylic acids is 1. The summed E-state index contributed by atoms with van der Waals surface area (Å²) in [4.78, 5) is 14.0. The first-order chi connectivity index (χ1) is 15.8. The van der Waals surface area contributed by atoms with Crippen molar-refractivity contribution in [1.82, 2.24) is 10.2 Å². The van der Waals surface area contributed by atoms with E-state index in [0.29, 0.717) is 32.1 Å². The van der Waals surface area contributed by atoms with Crippen molar-refractivity contribution in [3.63, 3.8) is 0 Å². The van der Waals surface area contributed by atoms with Crippen LogP contribution in [0.2, 0.25) is 0 Å². The Morgan fingerprint density at radius 3 is 1.88 bits per heavy atom. The van der Waals surface area contributed by atoms with Crippen molar-refractivity contribution in [3.05, 3.63) is 59.7 Å². The summed E-state index contributed by atoms with van der Waals surface area (Å²) in [6.45, 7) is 10.00. The molecule has 1 unspecified atom stereocenters. The number of halogens is 3. The number of carbonyl (C=O) groups is 1. The second-order valence-electron chi connectivity index (χ2n) is 10.7. The van der Waals surface area contributed by atoms with E-state index in [1.165, 1.54) is 12.1 Å². The zero-order valence-electron chi connectivity index (χ0n) is 20.3. The lowest BCUT2D eigenvalue weighted by atomic mass is 9.79. The zero-order chi connectivity index (χ0) is 25.1. The summed E-state index contributed by atoms with van der Waals surface area (Å²) in [6.07, 6.45) is -2.08. The summed E-state index contributed by atoms with van der Waals surface area (Å²) in [5, 5.41) is 15.5. The van der Waals surface area contributed by atoms with E-state index in [9.17, 15) is 23.1 Å². The highest BCUT2D eigenvalue weighted by molar-refractivity contribution is 5.76. The fraction of sp³-hybridized carbons (Fsp3) is 0.519. The van der Waals surface area contributed by atoms with Crippen LogP contribution in [0.3, 0.4) is 0 Å². The molecular formula is C27H34F3N2O2-. The van der Waals surface area contributed by atoms with Crippen molar-refractivity contribution in [2.45, 2.75) is 71.3 Å². The van der Waals surface area contributed by atoms with Crippen LogP contribution >= 0.6 is 0 Å². The Balaban J connectivity index is 1.53.